The van der Waals surface area contributed by atoms with Crippen molar-refractivity contribution in [2.45, 2.75) is 26.4 Å². The van der Waals surface area contributed by atoms with Crippen LogP contribution in [0.3, 0.4) is 0 Å². The van der Waals surface area contributed by atoms with Crippen molar-refractivity contribution in [3.05, 3.63) is 112 Å². The molecule has 0 aliphatic carbocycles. The van der Waals surface area contributed by atoms with Crippen LogP contribution in [0, 0.1) is 6.92 Å². The third-order valence-electron chi connectivity index (χ3n) is 5.89. The average Bonchev–Trinajstić information content (AvgIpc) is 3.32. The van der Waals surface area contributed by atoms with Gasteiger partial charge < -0.3 is 9.84 Å². The van der Waals surface area contributed by atoms with E-state index in [0.29, 0.717) is 23.3 Å². The van der Waals surface area contributed by atoms with Gasteiger partial charge in [-0.05, 0) is 37.1 Å². The number of urea groups is 1. The standard InChI is InChI=1S/C27H23ClN4O2/c1-17-8-6-9-19(14-17)16-32-18(2)23(24(29-27(32)33)20-10-4-3-5-11-20)26-30-25(31-34-26)21-12-7-13-22(28)15-21/h3-15,24H,16H2,1-2H3,(H,29,33). The lowest BCUT2D eigenvalue weighted by atomic mass is 9.94. The number of hydrogen-bond donors (Lipinski definition) is 1. The van der Waals surface area contributed by atoms with Gasteiger partial charge in [0.15, 0.2) is 0 Å². The van der Waals surface area contributed by atoms with E-state index < -0.39 is 6.04 Å². The van der Waals surface area contributed by atoms with E-state index in [9.17, 15) is 4.79 Å². The maximum atomic E-state index is 13.2. The maximum Gasteiger partial charge on any atom is 0.322 e. The largest absolute Gasteiger partial charge is 0.334 e. The molecule has 3 aromatic carbocycles. The van der Waals surface area contributed by atoms with E-state index in [4.69, 9.17) is 16.1 Å². The lowest BCUT2D eigenvalue weighted by molar-refractivity contribution is 0.203. The molecule has 6 nitrogen and oxygen atoms in total. The summed E-state index contributed by atoms with van der Waals surface area (Å²) in [6.07, 6.45) is 0. The minimum Gasteiger partial charge on any atom is -0.334 e. The van der Waals surface area contributed by atoms with Gasteiger partial charge in [-0.2, -0.15) is 4.98 Å². The number of benzene rings is 3. The maximum absolute atomic E-state index is 13.2. The first-order valence-electron chi connectivity index (χ1n) is 11.0. The number of halogens is 1. The molecule has 0 radical (unpaired) electrons. The van der Waals surface area contributed by atoms with E-state index in [1.54, 1.807) is 17.0 Å². The molecule has 0 fully saturated rings. The molecule has 170 valence electrons. The zero-order chi connectivity index (χ0) is 23.7. The molecule has 1 N–H and O–H groups in total. The molecule has 2 heterocycles. The zero-order valence-corrected chi connectivity index (χ0v) is 19.6. The molecular formula is C27H23ClN4O2. The first-order chi connectivity index (χ1) is 16.5. The molecule has 2 amide bonds. The van der Waals surface area contributed by atoms with Crippen LogP contribution in [0.1, 0.15) is 35.5 Å². The van der Waals surface area contributed by atoms with Crippen LogP contribution >= 0.6 is 11.6 Å². The van der Waals surface area contributed by atoms with Gasteiger partial charge in [-0.3, -0.25) is 4.90 Å². The molecule has 1 unspecified atom stereocenters. The molecule has 0 saturated heterocycles. The smallest absolute Gasteiger partial charge is 0.322 e. The Morgan fingerprint density at radius 3 is 2.56 bits per heavy atom. The van der Waals surface area contributed by atoms with Crippen LogP contribution in [0.2, 0.25) is 5.02 Å². The summed E-state index contributed by atoms with van der Waals surface area (Å²) >= 11 is 6.15. The van der Waals surface area contributed by atoms with Crippen LogP contribution in [0.15, 0.2) is 89.1 Å². The number of allylic oxidation sites excluding steroid dienone is 1. The second kappa shape index (κ2) is 9.15. The second-order valence-electron chi connectivity index (χ2n) is 8.30. The lowest BCUT2D eigenvalue weighted by Crippen LogP contribution is -2.45. The van der Waals surface area contributed by atoms with E-state index in [1.165, 1.54) is 0 Å². The number of hydrogen-bond acceptors (Lipinski definition) is 4. The Kier molecular flexibility index (Phi) is 5.90. The molecule has 1 aliphatic rings. The minimum atomic E-state index is -0.421. The van der Waals surface area contributed by atoms with Crippen LogP contribution in [-0.2, 0) is 6.54 Å². The molecule has 7 heteroatoms. The van der Waals surface area contributed by atoms with E-state index in [-0.39, 0.29) is 6.03 Å². The van der Waals surface area contributed by atoms with Crippen molar-refractivity contribution in [3.8, 4) is 11.4 Å². The number of nitrogens with one attached hydrogen (secondary N) is 1. The van der Waals surface area contributed by atoms with Crippen molar-refractivity contribution in [2.75, 3.05) is 0 Å². The molecule has 1 aromatic heterocycles. The minimum absolute atomic E-state index is 0.175. The molecule has 1 atom stereocenters. The molecule has 34 heavy (non-hydrogen) atoms. The van der Waals surface area contributed by atoms with Crippen molar-refractivity contribution in [1.29, 1.82) is 0 Å². The van der Waals surface area contributed by atoms with Crippen LogP contribution in [0.25, 0.3) is 17.0 Å². The third kappa shape index (κ3) is 4.32. The van der Waals surface area contributed by atoms with Gasteiger partial charge in [-0.15, -0.1) is 0 Å². The van der Waals surface area contributed by atoms with Gasteiger partial charge in [0.25, 0.3) is 5.89 Å². The van der Waals surface area contributed by atoms with Crippen molar-refractivity contribution in [3.63, 3.8) is 0 Å². The summed E-state index contributed by atoms with van der Waals surface area (Å²) < 4.78 is 5.73. The van der Waals surface area contributed by atoms with Crippen LogP contribution in [0.5, 0.6) is 0 Å². The highest BCUT2D eigenvalue weighted by atomic mass is 35.5. The number of nitrogens with zero attached hydrogens (tertiary/aromatic N) is 3. The molecule has 4 aromatic rings. The van der Waals surface area contributed by atoms with E-state index in [0.717, 1.165) is 33.5 Å². The van der Waals surface area contributed by atoms with Gasteiger partial charge in [0, 0.05) is 16.3 Å². The normalized spacial score (nSPS) is 16.0. The van der Waals surface area contributed by atoms with E-state index in [1.807, 2.05) is 74.5 Å². The lowest BCUT2D eigenvalue weighted by Gasteiger charge is -2.35. The van der Waals surface area contributed by atoms with Gasteiger partial charge in [0.1, 0.15) is 0 Å². The Balaban J connectivity index is 1.60. The van der Waals surface area contributed by atoms with Gasteiger partial charge in [0.2, 0.25) is 5.82 Å². The molecular weight excluding hydrogens is 448 g/mol. The summed E-state index contributed by atoms with van der Waals surface area (Å²) in [7, 11) is 0. The van der Waals surface area contributed by atoms with Crippen molar-refractivity contribution < 1.29 is 9.32 Å². The van der Waals surface area contributed by atoms with Crippen LogP contribution in [0.4, 0.5) is 4.79 Å². The van der Waals surface area contributed by atoms with Crippen molar-refractivity contribution in [2.24, 2.45) is 0 Å². The molecule has 0 bridgehead atoms. The van der Waals surface area contributed by atoms with Gasteiger partial charge in [-0.1, -0.05) is 89.1 Å². The Morgan fingerprint density at radius 2 is 1.79 bits per heavy atom. The molecule has 0 spiro atoms. The fourth-order valence-corrected chi connectivity index (χ4v) is 4.41. The number of amides is 2. The number of aryl methyl sites for hydroxylation is 1. The monoisotopic (exact) mass is 470 g/mol. The second-order valence-corrected chi connectivity index (χ2v) is 8.74. The Morgan fingerprint density at radius 1 is 1.00 bits per heavy atom. The van der Waals surface area contributed by atoms with E-state index in [2.05, 4.69) is 21.5 Å². The Labute approximate surface area is 202 Å². The first kappa shape index (κ1) is 21.9. The van der Waals surface area contributed by atoms with Crippen molar-refractivity contribution in [1.82, 2.24) is 20.4 Å². The number of aromatic nitrogens is 2. The number of rotatable bonds is 5. The van der Waals surface area contributed by atoms with Crippen LogP contribution < -0.4 is 5.32 Å². The fraction of sp³-hybridized carbons (Fsp3) is 0.148. The predicted molar refractivity (Wildman–Crippen MR) is 132 cm³/mol. The summed E-state index contributed by atoms with van der Waals surface area (Å²) in [5.74, 6) is 0.794. The summed E-state index contributed by atoms with van der Waals surface area (Å²) in [4.78, 5) is 19.6. The van der Waals surface area contributed by atoms with Gasteiger partial charge >= 0.3 is 6.03 Å². The molecule has 1 aliphatic heterocycles. The quantitative estimate of drug-likeness (QED) is 0.366. The number of carbonyl (C=O) groups excluding carboxylic acids is 1. The summed E-state index contributed by atoms with van der Waals surface area (Å²) in [6.45, 7) is 4.39. The van der Waals surface area contributed by atoms with Crippen molar-refractivity contribution >= 4 is 23.2 Å². The van der Waals surface area contributed by atoms with E-state index >= 15 is 0 Å². The Hall–Kier alpha value is -3.90. The summed E-state index contributed by atoms with van der Waals surface area (Å²) in [6, 6.07) is 24.6. The predicted octanol–water partition coefficient (Wildman–Crippen LogP) is 6.40. The Bertz CT molecular complexity index is 1380. The highest BCUT2D eigenvalue weighted by Crippen LogP contribution is 2.38. The zero-order valence-electron chi connectivity index (χ0n) is 18.8. The van der Waals surface area contributed by atoms with Gasteiger partial charge in [0.05, 0.1) is 18.2 Å². The topological polar surface area (TPSA) is 71.3 Å². The average molecular weight is 471 g/mol. The summed E-state index contributed by atoms with van der Waals surface area (Å²) in [5, 5.41) is 7.92. The molecule has 5 rings (SSSR count). The first-order valence-corrected chi connectivity index (χ1v) is 11.4. The molecule has 0 saturated carbocycles. The number of carbonyl (C=O) groups is 1. The SMILES string of the molecule is CC1=C(c2nc(-c3cccc(Cl)c3)no2)C(c2ccccc2)NC(=O)N1Cc1cccc(C)c1. The summed E-state index contributed by atoms with van der Waals surface area (Å²) in [5.41, 5.74) is 5.40. The fourth-order valence-electron chi connectivity index (χ4n) is 4.22. The van der Waals surface area contributed by atoms with Gasteiger partial charge in [-0.25, -0.2) is 4.79 Å². The van der Waals surface area contributed by atoms with Crippen LogP contribution in [-0.4, -0.2) is 21.1 Å². The highest BCUT2D eigenvalue weighted by Gasteiger charge is 2.35. The third-order valence-corrected chi connectivity index (χ3v) is 6.13. The highest BCUT2D eigenvalue weighted by molar-refractivity contribution is 6.30.